The summed E-state index contributed by atoms with van der Waals surface area (Å²) in [5, 5.41) is 14.2. The molecular formula is C14H24N4O2. The van der Waals surface area contributed by atoms with Gasteiger partial charge in [-0.25, -0.2) is 0 Å². The van der Waals surface area contributed by atoms with E-state index in [1.807, 2.05) is 0 Å². The van der Waals surface area contributed by atoms with Crippen LogP contribution >= 0.6 is 0 Å². The van der Waals surface area contributed by atoms with Crippen LogP contribution in [0.4, 0.5) is 0 Å². The second-order valence-electron chi connectivity index (χ2n) is 6.27. The lowest BCUT2D eigenvalue weighted by atomic mass is 10.2. The molecule has 0 saturated carbocycles. The van der Waals surface area contributed by atoms with E-state index in [4.69, 9.17) is 4.52 Å². The molecule has 2 fully saturated rings. The fourth-order valence-electron chi connectivity index (χ4n) is 3.17. The predicted molar refractivity (Wildman–Crippen MR) is 74.3 cm³/mol. The van der Waals surface area contributed by atoms with Gasteiger partial charge in [0.05, 0.1) is 12.6 Å². The molecule has 0 amide bonds. The van der Waals surface area contributed by atoms with Crippen LogP contribution in [0.25, 0.3) is 0 Å². The lowest BCUT2D eigenvalue weighted by Gasteiger charge is -2.25. The van der Waals surface area contributed by atoms with E-state index in [1.165, 1.54) is 12.8 Å². The summed E-state index contributed by atoms with van der Waals surface area (Å²) >= 11 is 0. The van der Waals surface area contributed by atoms with E-state index in [0.29, 0.717) is 19.0 Å². The van der Waals surface area contributed by atoms with Gasteiger partial charge in [-0.05, 0) is 25.9 Å². The third-order valence-corrected chi connectivity index (χ3v) is 4.30. The van der Waals surface area contributed by atoms with Gasteiger partial charge in [-0.15, -0.1) is 0 Å². The zero-order chi connectivity index (χ0) is 14.1. The number of β-amino-alcohol motifs (C(OH)–C–C–N with tert-alkyl or cyclic N) is 1. The molecule has 3 rings (SSSR count). The number of aromatic nitrogens is 2. The van der Waals surface area contributed by atoms with Crippen LogP contribution in [0.2, 0.25) is 0 Å². The molecule has 6 nitrogen and oxygen atoms in total. The molecular weight excluding hydrogens is 256 g/mol. The molecule has 20 heavy (non-hydrogen) atoms. The van der Waals surface area contributed by atoms with E-state index in [0.717, 1.165) is 25.5 Å². The highest BCUT2D eigenvalue weighted by Crippen LogP contribution is 2.22. The van der Waals surface area contributed by atoms with E-state index < -0.39 is 0 Å². The number of nitrogens with zero attached hydrogens (tertiary/aromatic N) is 4. The van der Waals surface area contributed by atoms with Gasteiger partial charge in [-0.1, -0.05) is 19.0 Å². The smallest absolute Gasteiger partial charge is 0.240 e. The Kier molecular flexibility index (Phi) is 4.05. The van der Waals surface area contributed by atoms with Gasteiger partial charge in [0.2, 0.25) is 5.89 Å². The van der Waals surface area contributed by atoms with Gasteiger partial charge < -0.3 is 9.63 Å². The topological polar surface area (TPSA) is 65.6 Å². The molecule has 1 aromatic rings. The van der Waals surface area contributed by atoms with Gasteiger partial charge in [-0.3, -0.25) is 9.80 Å². The lowest BCUT2D eigenvalue weighted by Crippen LogP contribution is -2.41. The zero-order valence-corrected chi connectivity index (χ0v) is 12.3. The first-order chi connectivity index (χ1) is 9.63. The normalized spacial score (nSPS) is 28.8. The summed E-state index contributed by atoms with van der Waals surface area (Å²) in [7, 11) is 0. The van der Waals surface area contributed by atoms with Crippen molar-refractivity contribution in [2.75, 3.05) is 26.2 Å². The highest BCUT2D eigenvalue weighted by atomic mass is 16.5. The Bertz CT molecular complexity index is 442. The van der Waals surface area contributed by atoms with E-state index in [2.05, 4.69) is 33.8 Å². The third kappa shape index (κ3) is 2.87. The number of rotatable bonds is 4. The molecule has 2 atom stereocenters. The first kappa shape index (κ1) is 14.0. The van der Waals surface area contributed by atoms with Crippen molar-refractivity contribution in [1.29, 1.82) is 0 Å². The monoisotopic (exact) mass is 280 g/mol. The van der Waals surface area contributed by atoms with Crippen LogP contribution in [-0.4, -0.2) is 63.4 Å². The fraction of sp³-hybridized carbons (Fsp3) is 0.857. The van der Waals surface area contributed by atoms with Crippen molar-refractivity contribution in [1.82, 2.24) is 19.9 Å². The van der Waals surface area contributed by atoms with Crippen molar-refractivity contribution >= 4 is 0 Å². The molecule has 0 unspecified atom stereocenters. The standard InChI is InChI=1S/C14H24N4O2/c1-10(2)14-15-13(20-16-14)9-17-7-11(12(19)8-17)18-5-3-4-6-18/h10-12,19H,3-9H2,1-2H3/t11-,12-/m0/s1. The van der Waals surface area contributed by atoms with Gasteiger partial charge in [-0.2, -0.15) is 4.98 Å². The molecule has 0 aromatic carbocycles. The van der Waals surface area contributed by atoms with Crippen LogP contribution in [0.5, 0.6) is 0 Å². The molecule has 112 valence electrons. The molecule has 0 spiro atoms. The molecule has 2 saturated heterocycles. The van der Waals surface area contributed by atoms with Gasteiger partial charge >= 0.3 is 0 Å². The van der Waals surface area contributed by atoms with Crippen LogP contribution in [0, 0.1) is 0 Å². The molecule has 1 N–H and O–H groups in total. The average Bonchev–Trinajstić information content (AvgIpc) is 3.10. The quantitative estimate of drug-likeness (QED) is 0.881. The van der Waals surface area contributed by atoms with Crippen LogP contribution < -0.4 is 0 Å². The SMILES string of the molecule is CC(C)c1noc(CN2C[C@H](O)[C@@H](N3CCCC3)C2)n1. The Balaban J connectivity index is 1.58. The average molecular weight is 280 g/mol. The lowest BCUT2D eigenvalue weighted by molar-refractivity contribution is 0.0977. The van der Waals surface area contributed by atoms with Gasteiger partial charge in [0, 0.05) is 25.0 Å². The van der Waals surface area contributed by atoms with E-state index in [1.54, 1.807) is 0 Å². The first-order valence-corrected chi connectivity index (χ1v) is 7.60. The predicted octanol–water partition coefficient (Wildman–Crippen LogP) is 0.834. The molecule has 1 aromatic heterocycles. The zero-order valence-electron chi connectivity index (χ0n) is 12.3. The summed E-state index contributed by atoms with van der Waals surface area (Å²) in [6.45, 7) is 8.57. The van der Waals surface area contributed by atoms with Crippen LogP contribution in [0.3, 0.4) is 0 Å². The summed E-state index contributed by atoms with van der Waals surface area (Å²) in [4.78, 5) is 9.03. The number of hydrogen-bond donors (Lipinski definition) is 1. The number of aliphatic hydroxyl groups is 1. The van der Waals surface area contributed by atoms with E-state index in [-0.39, 0.29) is 18.1 Å². The Labute approximate surface area is 119 Å². The Morgan fingerprint density at radius 3 is 2.70 bits per heavy atom. The van der Waals surface area contributed by atoms with E-state index in [9.17, 15) is 5.11 Å². The minimum Gasteiger partial charge on any atom is -0.390 e. The summed E-state index contributed by atoms with van der Waals surface area (Å²) in [6.07, 6.45) is 2.25. The van der Waals surface area contributed by atoms with Gasteiger partial charge in [0.25, 0.3) is 0 Å². The van der Waals surface area contributed by atoms with Crippen LogP contribution in [0.1, 0.15) is 44.3 Å². The van der Waals surface area contributed by atoms with Gasteiger partial charge in [0.1, 0.15) is 0 Å². The Morgan fingerprint density at radius 1 is 1.30 bits per heavy atom. The second kappa shape index (κ2) is 5.79. The maximum Gasteiger partial charge on any atom is 0.240 e. The first-order valence-electron chi connectivity index (χ1n) is 7.60. The minimum atomic E-state index is -0.263. The van der Waals surface area contributed by atoms with Crippen molar-refractivity contribution in [2.24, 2.45) is 0 Å². The number of aliphatic hydroxyl groups excluding tert-OH is 1. The fourth-order valence-corrected chi connectivity index (χ4v) is 3.17. The Morgan fingerprint density at radius 2 is 2.05 bits per heavy atom. The van der Waals surface area contributed by atoms with Crippen molar-refractivity contribution in [3.05, 3.63) is 11.7 Å². The highest BCUT2D eigenvalue weighted by molar-refractivity contribution is 4.96. The third-order valence-electron chi connectivity index (χ3n) is 4.30. The molecule has 2 aliphatic heterocycles. The molecule has 0 aliphatic carbocycles. The van der Waals surface area contributed by atoms with Crippen LogP contribution in [0.15, 0.2) is 4.52 Å². The number of hydrogen-bond acceptors (Lipinski definition) is 6. The summed E-state index contributed by atoms with van der Waals surface area (Å²) in [5.74, 6) is 1.70. The Hall–Kier alpha value is -0.980. The summed E-state index contributed by atoms with van der Waals surface area (Å²) < 4.78 is 5.29. The highest BCUT2D eigenvalue weighted by Gasteiger charge is 2.36. The largest absolute Gasteiger partial charge is 0.390 e. The second-order valence-corrected chi connectivity index (χ2v) is 6.27. The maximum absolute atomic E-state index is 10.2. The summed E-state index contributed by atoms with van der Waals surface area (Å²) in [6, 6.07) is 0.269. The molecule has 0 radical (unpaired) electrons. The molecule has 0 bridgehead atoms. The van der Waals surface area contributed by atoms with Gasteiger partial charge in [0.15, 0.2) is 5.82 Å². The molecule has 2 aliphatic rings. The number of likely N-dealkylation sites (tertiary alicyclic amines) is 2. The maximum atomic E-state index is 10.2. The van der Waals surface area contributed by atoms with Crippen molar-refractivity contribution in [3.63, 3.8) is 0 Å². The minimum absolute atomic E-state index is 0.263. The van der Waals surface area contributed by atoms with Crippen molar-refractivity contribution in [3.8, 4) is 0 Å². The summed E-state index contributed by atoms with van der Waals surface area (Å²) in [5.41, 5.74) is 0. The molecule has 3 heterocycles. The van der Waals surface area contributed by atoms with Crippen molar-refractivity contribution in [2.45, 2.75) is 51.3 Å². The van der Waals surface area contributed by atoms with Crippen molar-refractivity contribution < 1.29 is 9.63 Å². The van der Waals surface area contributed by atoms with E-state index >= 15 is 0 Å². The van der Waals surface area contributed by atoms with Crippen LogP contribution in [-0.2, 0) is 6.54 Å². The molecule has 6 heteroatoms.